The first kappa shape index (κ1) is 17.4. The molecule has 0 spiro atoms. The van der Waals surface area contributed by atoms with Crippen LogP contribution in [0.2, 0.25) is 0 Å². The Morgan fingerprint density at radius 1 is 1.25 bits per heavy atom. The molecule has 0 bridgehead atoms. The van der Waals surface area contributed by atoms with E-state index in [0.29, 0.717) is 24.6 Å². The molecule has 1 saturated heterocycles. The molecule has 6 nitrogen and oxygen atoms in total. The number of hydrogen-bond acceptors (Lipinski definition) is 6. The molecule has 2 aliphatic heterocycles. The number of aromatic nitrogens is 1. The maximum Gasteiger partial charge on any atom is 0.254 e. The van der Waals surface area contributed by atoms with E-state index in [9.17, 15) is 9.18 Å². The number of hydrogen-bond donors (Lipinski definition) is 1. The van der Waals surface area contributed by atoms with E-state index in [2.05, 4.69) is 20.8 Å². The molecule has 0 unspecified atom stereocenters. The maximum absolute atomic E-state index is 13.2. The zero-order valence-electron chi connectivity index (χ0n) is 15.4. The van der Waals surface area contributed by atoms with Crippen LogP contribution in [0.1, 0.15) is 46.7 Å². The minimum Gasteiger partial charge on any atom is -0.329 e. The fourth-order valence-corrected chi connectivity index (χ4v) is 4.67. The fourth-order valence-electron chi connectivity index (χ4n) is 3.70. The molecule has 1 saturated carbocycles. The summed E-state index contributed by atoms with van der Waals surface area (Å²) in [4.78, 5) is 21.7. The topological polar surface area (TPSA) is 60.8 Å². The lowest BCUT2D eigenvalue weighted by molar-refractivity contribution is 0.0645. The van der Waals surface area contributed by atoms with Crippen molar-refractivity contribution in [3.63, 3.8) is 0 Å². The predicted octanol–water partition coefficient (Wildman–Crippen LogP) is 3.11. The molecule has 0 radical (unpaired) electrons. The van der Waals surface area contributed by atoms with Crippen LogP contribution in [0.4, 0.5) is 4.39 Å². The van der Waals surface area contributed by atoms with Crippen LogP contribution in [0, 0.1) is 5.82 Å². The first-order valence-electron chi connectivity index (χ1n) is 9.45. The number of amidine groups is 1. The van der Waals surface area contributed by atoms with Gasteiger partial charge in [0.2, 0.25) is 0 Å². The van der Waals surface area contributed by atoms with E-state index in [0.717, 1.165) is 17.2 Å². The molecule has 2 fully saturated rings. The molecule has 1 N–H and O–H groups in total. The molecule has 1 aliphatic carbocycles. The smallest absolute Gasteiger partial charge is 0.254 e. The van der Waals surface area contributed by atoms with Gasteiger partial charge in [-0.05, 0) is 44.0 Å². The summed E-state index contributed by atoms with van der Waals surface area (Å²) < 4.78 is 13.2. The Kier molecular flexibility index (Phi) is 4.16. The monoisotopic (exact) mass is 397 g/mol. The van der Waals surface area contributed by atoms with Crippen molar-refractivity contribution in [2.75, 3.05) is 13.1 Å². The van der Waals surface area contributed by atoms with Crippen LogP contribution in [0.3, 0.4) is 0 Å². The Bertz CT molecular complexity index is 979. The van der Waals surface area contributed by atoms with Crippen LogP contribution in [0.25, 0.3) is 0 Å². The van der Waals surface area contributed by atoms with Crippen molar-refractivity contribution >= 4 is 23.1 Å². The number of benzene rings is 1. The lowest BCUT2D eigenvalue weighted by Gasteiger charge is -2.44. The summed E-state index contributed by atoms with van der Waals surface area (Å²) in [5.41, 5.74) is 5.34. The molecule has 8 heteroatoms. The van der Waals surface area contributed by atoms with Gasteiger partial charge in [0.25, 0.3) is 5.91 Å². The third-order valence-corrected chi connectivity index (χ3v) is 6.45. The Balaban J connectivity index is 1.37. The van der Waals surface area contributed by atoms with E-state index in [1.54, 1.807) is 11.3 Å². The van der Waals surface area contributed by atoms with Crippen LogP contribution in [-0.4, -0.2) is 45.7 Å². The van der Waals surface area contributed by atoms with Gasteiger partial charge in [-0.3, -0.25) is 10.2 Å². The zero-order chi connectivity index (χ0) is 19.3. The maximum atomic E-state index is 13.2. The Morgan fingerprint density at radius 3 is 2.79 bits per heavy atom. The Labute approximate surface area is 166 Å². The van der Waals surface area contributed by atoms with Crippen molar-refractivity contribution < 1.29 is 9.18 Å². The number of fused-ring (bicyclic) bond motifs is 1. The summed E-state index contributed by atoms with van der Waals surface area (Å²) in [6.07, 6.45) is 4.29. The van der Waals surface area contributed by atoms with Crippen molar-refractivity contribution in [3.05, 3.63) is 63.6 Å². The first-order valence-corrected chi connectivity index (χ1v) is 10.3. The van der Waals surface area contributed by atoms with Crippen LogP contribution in [0.15, 0.2) is 46.6 Å². The largest absolute Gasteiger partial charge is 0.329 e. The van der Waals surface area contributed by atoms with Crippen molar-refractivity contribution in [3.8, 4) is 0 Å². The highest BCUT2D eigenvalue weighted by Gasteiger charge is 2.36. The highest BCUT2D eigenvalue weighted by molar-refractivity contribution is 7.10. The van der Waals surface area contributed by atoms with Gasteiger partial charge >= 0.3 is 0 Å². The predicted molar refractivity (Wildman–Crippen MR) is 105 cm³/mol. The summed E-state index contributed by atoms with van der Waals surface area (Å²) in [5.74, 6) is 0.987. The number of carbonyl (C=O) groups is 1. The number of piperazine rings is 1. The number of nitrogens with one attached hydrogen (secondary N) is 1. The number of hydrazone groups is 1. The molecule has 1 amide bonds. The average Bonchev–Trinajstić information content (AvgIpc) is 3.45. The van der Waals surface area contributed by atoms with Crippen LogP contribution in [-0.2, 0) is 0 Å². The van der Waals surface area contributed by atoms with Crippen LogP contribution >= 0.6 is 11.3 Å². The lowest BCUT2D eigenvalue weighted by Crippen LogP contribution is -2.55. The van der Waals surface area contributed by atoms with Gasteiger partial charge in [-0.15, -0.1) is 11.3 Å². The molecule has 1 aromatic heterocycles. The molecule has 3 aliphatic rings. The number of amides is 1. The first-order chi connectivity index (χ1) is 13.6. The van der Waals surface area contributed by atoms with Crippen molar-refractivity contribution in [1.82, 2.24) is 20.2 Å². The molecular weight excluding hydrogens is 377 g/mol. The SMILES string of the molecule is C[C@@H]1C2=CNN=C(c3csc(C4CC4)n3)N2CCN1C(=O)c1ccc(F)cc1. The zero-order valence-corrected chi connectivity index (χ0v) is 16.2. The minimum atomic E-state index is -0.344. The lowest BCUT2D eigenvalue weighted by atomic mass is 10.1. The molecule has 28 heavy (non-hydrogen) atoms. The average molecular weight is 397 g/mol. The number of carbonyl (C=O) groups excluding carboxylic acids is 1. The molecule has 3 heterocycles. The summed E-state index contributed by atoms with van der Waals surface area (Å²) >= 11 is 1.70. The van der Waals surface area contributed by atoms with Gasteiger partial charge in [0.05, 0.1) is 16.7 Å². The number of thiazole rings is 1. The highest BCUT2D eigenvalue weighted by atomic mass is 32.1. The number of nitrogens with zero attached hydrogens (tertiary/aromatic N) is 4. The fraction of sp³-hybridized carbons (Fsp3) is 0.350. The molecule has 144 valence electrons. The van der Waals surface area contributed by atoms with Crippen LogP contribution < -0.4 is 5.43 Å². The third kappa shape index (κ3) is 2.97. The summed E-state index contributed by atoms with van der Waals surface area (Å²) in [5, 5.41) is 7.72. The van der Waals surface area contributed by atoms with Gasteiger partial charge in [-0.25, -0.2) is 9.37 Å². The summed E-state index contributed by atoms with van der Waals surface area (Å²) in [6, 6.07) is 5.57. The summed E-state index contributed by atoms with van der Waals surface area (Å²) in [7, 11) is 0. The Morgan fingerprint density at radius 2 is 2.04 bits per heavy atom. The van der Waals surface area contributed by atoms with Gasteiger partial charge in [0.1, 0.15) is 11.5 Å². The second-order valence-electron chi connectivity index (χ2n) is 7.31. The molecule has 5 rings (SSSR count). The molecular formula is C20H20FN5OS. The van der Waals surface area contributed by atoms with E-state index < -0.39 is 0 Å². The second-order valence-corrected chi connectivity index (χ2v) is 8.20. The van der Waals surface area contributed by atoms with Crippen molar-refractivity contribution in [2.24, 2.45) is 5.10 Å². The number of halogens is 1. The highest BCUT2D eigenvalue weighted by Crippen LogP contribution is 2.41. The van der Waals surface area contributed by atoms with Gasteiger partial charge in [-0.2, -0.15) is 5.10 Å². The second kappa shape index (κ2) is 6.70. The van der Waals surface area contributed by atoms with Crippen molar-refractivity contribution in [2.45, 2.75) is 31.7 Å². The van der Waals surface area contributed by atoms with E-state index >= 15 is 0 Å². The van der Waals surface area contributed by atoms with E-state index in [4.69, 9.17) is 4.98 Å². The van der Waals surface area contributed by atoms with E-state index in [1.807, 2.05) is 18.0 Å². The van der Waals surface area contributed by atoms with E-state index in [1.165, 1.54) is 42.1 Å². The van der Waals surface area contributed by atoms with Crippen LogP contribution in [0.5, 0.6) is 0 Å². The van der Waals surface area contributed by atoms with Crippen molar-refractivity contribution in [1.29, 1.82) is 0 Å². The quantitative estimate of drug-likeness (QED) is 0.865. The Hall–Kier alpha value is -2.74. The van der Waals surface area contributed by atoms with Gasteiger partial charge in [0, 0.05) is 36.2 Å². The number of rotatable bonds is 3. The minimum absolute atomic E-state index is 0.0956. The molecule has 2 aromatic rings. The van der Waals surface area contributed by atoms with Gasteiger partial charge in [-0.1, -0.05) is 0 Å². The van der Waals surface area contributed by atoms with E-state index in [-0.39, 0.29) is 17.8 Å². The van der Waals surface area contributed by atoms with Gasteiger partial charge < -0.3 is 9.80 Å². The molecule has 1 aromatic carbocycles. The van der Waals surface area contributed by atoms with Gasteiger partial charge in [0.15, 0.2) is 5.84 Å². The normalized spacial score (nSPS) is 21.6. The third-order valence-electron chi connectivity index (χ3n) is 5.44. The molecule has 1 atom stereocenters. The summed E-state index contributed by atoms with van der Waals surface area (Å²) in [6.45, 7) is 3.20. The standard InChI is InChI=1S/C20H20FN5OS/c1-12-17-10-22-24-18(16-11-28-19(23-16)13-2-3-13)26(17)9-8-25(12)20(27)14-4-6-15(21)7-5-14/h4-7,10-13,22H,2-3,8-9H2,1H3/t12-/m1/s1.